The number of benzene rings is 1. The number of aryl methyl sites for hydroxylation is 1. The fraction of sp³-hybridized carbons (Fsp3) is 0.143. The lowest BCUT2D eigenvalue weighted by molar-refractivity contribution is -0.385. The monoisotopic (exact) mass is 249 g/mol. The quantitative estimate of drug-likeness (QED) is 0.567. The minimum absolute atomic E-state index is 0.0753. The first-order valence-corrected chi connectivity index (χ1v) is 4.29. The van der Waals surface area contributed by atoms with E-state index in [1.54, 1.807) is 13.0 Å². The molecular weight excluding hydrogens is 245 g/mol. The first-order valence-electron chi connectivity index (χ1n) is 3.12. The molecule has 0 saturated heterocycles. The van der Waals surface area contributed by atoms with E-state index >= 15 is 0 Å². The molecule has 0 aromatic heterocycles. The molecular formula is C7H5BrClNO2. The van der Waals surface area contributed by atoms with E-state index in [0.29, 0.717) is 15.1 Å². The van der Waals surface area contributed by atoms with E-state index in [9.17, 15) is 10.1 Å². The van der Waals surface area contributed by atoms with Gasteiger partial charge in [-0.1, -0.05) is 11.6 Å². The molecule has 3 nitrogen and oxygen atoms in total. The van der Waals surface area contributed by atoms with Crippen molar-refractivity contribution in [1.29, 1.82) is 0 Å². The highest BCUT2D eigenvalue weighted by atomic mass is 79.9. The van der Waals surface area contributed by atoms with Crippen molar-refractivity contribution >= 4 is 33.2 Å². The molecule has 1 aromatic carbocycles. The van der Waals surface area contributed by atoms with Gasteiger partial charge < -0.3 is 0 Å². The van der Waals surface area contributed by atoms with Crippen LogP contribution in [0.4, 0.5) is 5.69 Å². The second-order valence-electron chi connectivity index (χ2n) is 2.31. The van der Waals surface area contributed by atoms with Crippen molar-refractivity contribution < 1.29 is 4.92 Å². The van der Waals surface area contributed by atoms with Crippen LogP contribution < -0.4 is 0 Å². The smallest absolute Gasteiger partial charge is 0.258 e. The zero-order chi connectivity index (χ0) is 9.30. The summed E-state index contributed by atoms with van der Waals surface area (Å²) in [7, 11) is 0. The molecule has 0 spiro atoms. The largest absolute Gasteiger partial charge is 0.273 e. The Bertz CT molecular complexity index is 340. The van der Waals surface area contributed by atoms with Gasteiger partial charge >= 0.3 is 0 Å². The van der Waals surface area contributed by atoms with Crippen LogP contribution in [0.25, 0.3) is 0 Å². The minimum atomic E-state index is -0.434. The normalized spacial score (nSPS) is 9.92. The van der Waals surface area contributed by atoms with Crippen LogP contribution in [0, 0.1) is 17.0 Å². The summed E-state index contributed by atoms with van der Waals surface area (Å²) in [6.07, 6.45) is 0. The minimum Gasteiger partial charge on any atom is -0.258 e. The third-order valence-corrected chi connectivity index (χ3v) is 2.63. The van der Waals surface area contributed by atoms with Crippen LogP contribution in [-0.4, -0.2) is 4.92 Å². The van der Waals surface area contributed by atoms with Gasteiger partial charge in [0.1, 0.15) is 0 Å². The second kappa shape index (κ2) is 3.41. The summed E-state index contributed by atoms with van der Waals surface area (Å²) in [5.74, 6) is 0. The predicted molar refractivity (Wildman–Crippen MR) is 50.5 cm³/mol. The SMILES string of the molecule is Cc1cc(Cl)c(Br)cc1[N+](=O)[O-]. The molecule has 0 aliphatic rings. The van der Waals surface area contributed by atoms with Gasteiger partial charge in [0, 0.05) is 16.1 Å². The Hall–Kier alpha value is -0.610. The summed E-state index contributed by atoms with van der Waals surface area (Å²) in [5, 5.41) is 10.9. The lowest BCUT2D eigenvalue weighted by Gasteiger charge is -1.99. The van der Waals surface area contributed by atoms with Crippen LogP contribution in [-0.2, 0) is 0 Å². The Kier molecular flexibility index (Phi) is 2.69. The van der Waals surface area contributed by atoms with Crippen molar-refractivity contribution in [3.63, 3.8) is 0 Å². The Morgan fingerprint density at radius 2 is 2.17 bits per heavy atom. The summed E-state index contributed by atoms with van der Waals surface area (Å²) in [6.45, 7) is 1.65. The molecule has 0 amide bonds. The molecule has 12 heavy (non-hydrogen) atoms. The molecule has 5 heteroatoms. The molecule has 0 bridgehead atoms. The van der Waals surface area contributed by atoms with Gasteiger partial charge in [-0.3, -0.25) is 10.1 Å². The van der Waals surface area contributed by atoms with E-state index in [1.165, 1.54) is 6.07 Å². The fourth-order valence-corrected chi connectivity index (χ4v) is 1.38. The summed E-state index contributed by atoms with van der Waals surface area (Å²) < 4.78 is 0.543. The van der Waals surface area contributed by atoms with Crippen LogP contribution in [0.3, 0.4) is 0 Å². The molecule has 0 N–H and O–H groups in total. The molecule has 1 aromatic rings. The van der Waals surface area contributed by atoms with Crippen molar-refractivity contribution in [3.8, 4) is 0 Å². The van der Waals surface area contributed by atoms with E-state index in [0.717, 1.165) is 0 Å². The van der Waals surface area contributed by atoms with Crippen LogP contribution in [0.1, 0.15) is 5.56 Å². The number of halogens is 2. The highest BCUT2D eigenvalue weighted by Gasteiger charge is 2.12. The van der Waals surface area contributed by atoms with Gasteiger partial charge in [-0.25, -0.2) is 0 Å². The topological polar surface area (TPSA) is 43.1 Å². The van der Waals surface area contributed by atoms with E-state index in [4.69, 9.17) is 11.6 Å². The van der Waals surface area contributed by atoms with Gasteiger partial charge in [0.05, 0.1) is 9.95 Å². The van der Waals surface area contributed by atoms with Crippen LogP contribution in [0.2, 0.25) is 5.02 Å². The van der Waals surface area contributed by atoms with Gasteiger partial charge in [-0.05, 0) is 28.9 Å². The van der Waals surface area contributed by atoms with Crippen LogP contribution in [0.15, 0.2) is 16.6 Å². The number of hydrogen-bond acceptors (Lipinski definition) is 2. The molecule has 0 aliphatic heterocycles. The van der Waals surface area contributed by atoms with Gasteiger partial charge in [-0.15, -0.1) is 0 Å². The fourth-order valence-electron chi connectivity index (χ4n) is 0.832. The van der Waals surface area contributed by atoms with E-state index in [-0.39, 0.29) is 5.69 Å². The zero-order valence-corrected chi connectivity index (χ0v) is 8.52. The Labute approximate surface area is 82.6 Å². The first kappa shape index (κ1) is 9.48. The average Bonchev–Trinajstić information content (AvgIpc) is 1.96. The molecule has 0 radical (unpaired) electrons. The highest BCUT2D eigenvalue weighted by Crippen LogP contribution is 2.29. The van der Waals surface area contributed by atoms with Crippen molar-refractivity contribution in [1.82, 2.24) is 0 Å². The molecule has 1 rings (SSSR count). The van der Waals surface area contributed by atoms with Crippen LogP contribution in [0.5, 0.6) is 0 Å². The van der Waals surface area contributed by atoms with Gasteiger partial charge in [0.25, 0.3) is 5.69 Å². The average molecular weight is 250 g/mol. The van der Waals surface area contributed by atoms with Crippen molar-refractivity contribution in [2.75, 3.05) is 0 Å². The molecule has 64 valence electrons. The lowest BCUT2D eigenvalue weighted by atomic mass is 10.2. The van der Waals surface area contributed by atoms with Gasteiger partial charge in [-0.2, -0.15) is 0 Å². The summed E-state index contributed by atoms with van der Waals surface area (Å²) in [5.41, 5.74) is 0.638. The molecule has 0 saturated carbocycles. The number of nitrogens with zero attached hydrogens (tertiary/aromatic N) is 1. The van der Waals surface area contributed by atoms with Crippen molar-refractivity contribution in [2.45, 2.75) is 6.92 Å². The van der Waals surface area contributed by atoms with Gasteiger partial charge in [0.2, 0.25) is 0 Å². The number of nitro benzene ring substituents is 1. The highest BCUT2D eigenvalue weighted by molar-refractivity contribution is 9.10. The Morgan fingerprint density at radius 3 is 2.67 bits per heavy atom. The number of rotatable bonds is 1. The lowest BCUT2D eigenvalue weighted by Crippen LogP contribution is -1.91. The summed E-state index contributed by atoms with van der Waals surface area (Å²) in [6, 6.07) is 2.96. The summed E-state index contributed by atoms with van der Waals surface area (Å²) >= 11 is 8.83. The van der Waals surface area contributed by atoms with Crippen molar-refractivity contribution in [3.05, 3.63) is 37.3 Å². The summed E-state index contributed by atoms with van der Waals surface area (Å²) in [4.78, 5) is 9.99. The predicted octanol–water partition coefficient (Wildman–Crippen LogP) is 3.32. The molecule has 0 fully saturated rings. The number of hydrogen-bond donors (Lipinski definition) is 0. The van der Waals surface area contributed by atoms with E-state index < -0.39 is 4.92 Å². The van der Waals surface area contributed by atoms with Gasteiger partial charge in [0.15, 0.2) is 0 Å². The maximum atomic E-state index is 10.4. The van der Waals surface area contributed by atoms with E-state index in [2.05, 4.69) is 15.9 Å². The maximum Gasteiger partial charge on any atom is 0.273 e. The Balaban J connectivity index is 3.33. The first-order chi connectivity index (χ1) is 5.52. The van der Waals surface area contributed by atoms with Crippen molar-refractivity contribution in [2.24, 2.45) is 0 Å². The molecule has 0 unspecified atom stereocenters. The zero-order valence-electron chi connectivity index (χ0n) is 6.17. The third-order valence-electron chi connectivity index (χ3n) is 1.44. The van der Waals surface area contributed by atoms with Crippen LogP contribution >= 0.6 is 27.5 Å². The Morgan fingerprint density at radius 1 is 1.58 bits per heavy atom. The third kappa shape index (κ3) is 1.76. The van der Waals surface area contributed by atoms with E-state index in [1.807, 2.05) is 0 Å². The number of nitro groups is 1. The molecule has 0 atom stereocenters. The standard InChI is InChI=1S/C7H5BrClNO2/c1-4-2-6(9)5(8)3-7(4)10(11)12/h2-3H,1H3. The maximum absolute atomic E-state index is 10.4. The molecule has 0 aliphatic carbocycles. The second-order valence-corrected chi connectivity index (χ2v) is 3.57. The molecule has 0 heterocycles.